The molecule has 25 heavy (non-hydrogen) atoms. The summed E-state index contributed by atoms with van der Waals surface area (Å²) in [6.07, 6.45) is 1.85. The summed E-state index contributed by atoms with van der Waals surface area (Å²) < 4.78 is 6.37. The lowest BCUT2D eigenvalue weighted by atomic mass is 10.2. The lowest BCUT2D eigenvalue weighted by molar-refractivity contribution is -0.121. The highest BCUT2D eigenvalue weighted by Gasteiger charge is 2.30. The molecule has 0 atom stereocenters. The normalized spacial score (nSPS) is 15.9. The molecular formula is C19H16ClNO2S2. The van der Waals surface area contributed by atoms with Crippen LogP contribution in [-0.4, -0.2) is 21.7 Å². The Labute approximate surface area is 161 Å². The number of halogens is 1. The standard InChI is InChI=1S/C19H16ClNO2S2/c1-2-21-18(22)17(25-19(21)24)11-13-7-9-15(10-8-13)23-12-14-5-3-4-6-16(14)20/h3-11H,2,12H2,1H3/b17-11-. The molecule has 6 heteroatoms. The van der Waals surface area contributed by atoms with Crippen LogP contribution in [0.15, 0.2) is 53.4 Å². The maximum atomic E-state index is 12.2. The minimum atomic E-state index is -0.0310. The van der Waals surface area contributed by atoms with Gasteiger partial charge in [-0.15, -0.1) is 0 Å². The van der Waals surface area contributed by atoms with E-state index in [1.165, 1.54) is 11.8 Å². The fourth-order valence-electron chi connectivity index (χ4n) is 2.36. The Bertz CT molecular complexity index is 834. The van der Waals surface area contributed by atoms with Gasteiger partial charge in [0, 0.05) is 17.1 Å². The van der Waals surface area contributed by atoms with Crippen LogP contribution in [0.5, 0.6) is 5.75 Å². The van der Waals surface area contributed by atoms with E-state index < -0.39 is 0 Å². The minimum Gasteiger partial charge on any atom is -0.489 e. The van der Waals surface area contributed by atoms with E-state index >= 15 is 0 Å². The van der Waals surface area contributed by atoms with Crippen molar-refractivity contribution in [3.63, 3.8) is 0 Å². The van der Waals surface area contributed by atoms with Gasteiger partial charge in [0.2, 0.25) is 0 Å². The number of nitrogens with zero attached hydrogens (tertiary/aromatic N) is 1. The number of rotatable bonds is 5. The van der Waals surface area contributed by atoms with E-state index in [4.69, 9.17) is 28.6 Å². The third kappa shape index (κ3) is 4.24. The zero-order valence-corrected chi connectivity index (χ0v) is 16.0. The van der Waals surface area contributed by atoms with Crippen molar-refractivity contribution >= 4 is 51.9 Å². The maximum Gasteiger partial charge on any atom is 0.266 e. The van der Waals surface area contributed by atoms with E-state index in [1.54, 1.807) is 4.90 Å². The van der Waals surface area contributed by atoms with Gasteiger partial charge in [-0.3, -0.25) is 9.69 Å². The Kier molecular flexibility index (Phi) is 5.78. The van der Waals surface area contributed by atoms with Gasteiger partial charge in [-0.25, -0.2) is 0 Å². The molecule has 0 unspecified atom stereocenters. The number of likely N-dealkylation sites (N-methyl/N-ethyl adjacent to an activating group) is 1. The highest BCUT2D eigenvalue weighted by atomic mass is 35.5. The number of benzene rings is 2. The fraction of sp³-hybridized carbons (Fsp3) is 0.158. The van der Waals surface area contributed by atoms with Gasteiger partial charge in [0.1, 0.15) is 16.7 Å². The molecule has 1 aliphatic heterocycles. The summed E-state index contributed by atoms with van der Waals surface area (Å²) in [5.74, 6) is 0.717. The van der Waals surface area contributed by atoms with Crippen LogP contribution in [0.1, 0.15) is 18.1 Å². The molecule has 1 fully saturated rings. The van der Waals surface area contributed by atoms with Gasteiger partial charge in [0.15, 0.2) is 0 Å². The molecular weight excluding hydrogens is 374 g/mol. The molecule has 1 aliphatic rings. The van der Waals surface area contributed by atoms with Gasteiger partial charge in [0.05, 0.1) is 4.91 Å². The molecule has 1 saturated heterocycles. The van der Waals surface area contributed by atoms with E-state index in [1.807, 2.05) is 61.5 Å². The molecule has 1 amide bonds. The number of hydrogen-bond donors (Lipinski definition) is 0. The topological polar surface area (TPSA) is 29.5 Å². The lowest BCUT2D eigenvalue weighted by Crippen LogP contribution is -2.27. The summed E-state index contributed by atoms with van der Waals surface area (Å²) in [6, 6.07) is 15.2. The van der Waals surface area contributed by atoms with Gasteiger partial charge in [-0.1, -0.05) is 65.9 Å². The number of carbonyl (C=O) groups excluding carboxylic acids is 1. The molecule has 0 radical (unpaired) electrons. The molecule has 0 aromatic heterocycles. The Morgan fingerprint density at radius 2 is 1.92 bits per heavy atom. The number of thiocarbonyl (C=S) groups is 1. The lowest BCUT2D eigenvalue weighted by Gasteiger charge is -2.09. The van der Waals surface area contributed by atoms with Crippen LogP contribution in [0.25, 0.3) is 6.08 Å². The van der Waals surface area contributed by atoms with Crippen LogP contribution in [-0.2, 0) is 11.4 Å². The first kappa shape index (κ1) is 18.0. The third-order valence-electron chi connectivity index (χ3n) is 3.72. The quantitative estimate of drug-likeness (QED) is 0.523. The van der Waals surface area contributed by atoms with Crippen molar-refractivity contribution in [1.29, 1.82) is 0 Å². The van der Waals surface area contributed by atoms with Crippen LogP contribution >= 0.6 is 35.6 Å². The molecule has 0 bridgehead atoms. The summed E-state index contributed by atoms with van der Waals surface area (Å²) in [7, 11) is 0. The molecule has 1 heterocycles. The Morgan fingerprint density at radius 1 is 1.20 bits per heavy atom. The van der Waals surface area contributed by atoms with Crippen molar-refractivity contribution < 1.29 is 9.53 Å². The van der Waals surface area contributed by atoms with Crippen LogP contribution < -0.4 is 4.74 Å². The molecule has 0 N–H and O–H groups in total. The minimum absolute atomic E-state index is 0.0310. The Hall–Kier alpha value is -1.82. The van der Waals surface area contributed by atoms with Crippen molar-refractivity contribution in [2.24, 2.45) is 0 Å². The van der Waals surface area contributed by atoms with Crippen molar-refractivity contribution in [3.8, 4) is 5.75 Å². The van der Waals surface area contributed by atoms with Crippen LogP contribution in [0.3, 0.4) is 0 Å². The predicted octanol–water partition coefficient (Wildman–Crippen LogP) is 5.14. The third-order valence-corrected chi connectivity index (χ3v) is 5.47. The SMILES string of the molecule is CCN1C(=O)/C(=C/c2ccc(OCc3ccccc3Cl)cc2)SC1=S. The maximum absolute atomic E-state index is 12.2. The summed E-state index contributed by atoms with van der Waals surface area (Å²) in [4.78, 5) is 14.5. The molecule has 2 aromatic carbocycles. The zero-order chi connectivity index (χ0) is 17.8. The average molecular weight is 390 g/mol. The summed E-state index contributed by atoms with van der Waals surface area (Å²) >= 11 is 12.7. The smallest absolute Gasteiger partial charge is 0.266 e. The Balaban J connectivity index is 1.67. The second-order valence-corrected chi connectivity index (χ2v) is 7.46. The van der Waals surface area contributed by atoms with Crippen molar-refractivity contribution in [2.45, 2.75) is 13.5 Å². The van der Waals surface area contributed by atoms with Crippen LogP contribution in [0, 0.1) is 0 Å². The first-order valence-corrected chi connectivity index (χ1v) is 9.40. The number of carbonyl (C=O) groups is 1. The highest BCUT2D eigenvalue weighted by Crippen LogP contribution is 2.32. The van der Waals surface area contributed by atoms with Crippen molar-refractivity contribution in [1.82, 2.24) is 4.90 Å². The van der Waals surface area contributed by atoms with E-state index in [9.17, 15) is 4.79 Å². The van der Waals surface area contributed by atoms with Crippen LogP contribution in [0.2, 0.25) is 5.02 Å². The molecule has 0 aliphatic carbocycles. The van der Waals surface area contributed by atoms with Crippen LogP contribution in [0.4, 0.5) is 0 Å². The van der Waals surface area contributed by atoms with E-state index in [-0.39, 0.29) is 5.91 Å². The molecule has 2 aromatic rings. The Morgan fingerprint density at radius 3 is 2.56 bits per heavy atom. The number of hydrogen-bond acceptors (Lipinski definition) is 4. The second-order valence-electron chi connectivity index (χ2n) is 5.38. The molecule has 0 spiro atoms. The van der Waals surface area contributed by atoms with Crippen molar-refractivity contribution in [3.05, 3.63) is 69.6 Å². The number of ether oxygens (including phenoxy) is 1. The second kappa shape index (κ2) is 8.04. The zero-order valence-electron chi connectivity index (χ0n) is 13.6. The van der Waals surface area contributed by atoms with Gasteiger partial charge in [0.25, 0.3) is 5.91 Å². The molecule has 3 rings (SSSR count). The van der Waals surface area contributed by atoms with Gasteiger partial charge in [-0.2, -0.15) is 0 Å². The van der Waals surface area contributed by atoms with E-state index in [0.717, 1.165) is 16.9 Å². The summed E-state index contributed by atoms with van der Waals surface area (Å²) in [5.41, 5.74) is 1.87. The van der Waals surface area contributed by atoms with Gasteiger partial charge in [-0.05, 0) is 36.8 Å². The summed E-state index contributed by atoms with van der Waals surface area (Å²) in [5, 5.41) is 0.692. The first-order valence-electron chi connectivity index (χ1n) is 7.80. The highest BCUT2D eigenvalue weighted by molar-refractivity contribution is 8.26. The monoisotopic (exact) mass is 389 g/mol. The largest absolute Gasteiger partial charge is 0.489 e. The fourth-order valence-corrected chi connectivity index (χ4v) is 3.94. The number of thioether (sulfide) groups is 1. The molecule has 0 saturated carbocycles. The van der Waals surface area contributed by atoms with E-state index in [0.29, 0.717) is 27.4 Å². The average Bonchev–Trinajstić information content (AvgIpc) is 2.88. The van der Waals surface area contributed by atoms with Gasteiger partial charge < -0.3 is 4.74 Å². The van der Waals surface area contributed by atoms with Crippen molar-refractivity contribution in [2.75, 3.05) is 6.54 Å². The van der Waals surface area contributed by atoms with Gasteiger partial charge >= 0.3 is 0 Å². The summed E-state index contributed by atoms with van der Waals surface area (Å²) in [6.45, 7) is 2.92. The molecule has 128 valence electrons. The predicted molar refractivity (Wildman–Crippen MR) is 108 cm³/mol. The first-order chi connectivity index (χ1) is 12.1. The number of amides is 1. The molecule has 3 nitrogen and oxygen atoms in total. The van der Waals surface area contributed by atoms with E-state index in [2.05, 4.69) is 0 Å².